The van der Waals surface area contributed by atoms with E-state index in [0.29, 0.717) is 5.56 Å². The highest BCUT2D eigenvalue weighted by Gasteiger charge is 1.94. The van der Waals surface area contributed by atoms with E-state index in [-0.39, 0.29) is 5.75 Å². The summed E-state index contributed by atoms with van der Waals surface area (Å²) in [6.07, 6.45) is 5.44. The van der Waals surface area contributed by atoms with Crippen LogP contribution in [0.25, 0.3) is 0 Å². The molecule has 1 rings (SSSR count). The van der Waals surface area contributed by atoms with Crippen LogP contribution >= 0.6 is 23.5 Å². The molecule has 0 heterocycles. The van der Waals surface area contributed by atoms with Gasteiger partial charge in [0.25, 0.3) is 0 Å². The van der Waals surface area contributed by atoms with Gasteiger partial charge in [-0.3, -0.25) is 0 Å². The molecule has 5 heteroatoms. The van der Waals surface area contributed by atoms with Crippen molar-refractivity contribution in [3.63, 3.8) is 0 Å². The molecule has 0 radical (unpaired) electrons. The molecule has 0 unspecified atom stereocenters. The first-order valence-electron chi connectivity index (χ1n) is 4.25. The molecule has 0 spiro atoms. The molecule has 0 aromatic heterocycles. The second-order valence-corrected chi connectivity index (χ2v) is 4.43. The Kier molecular flexibility index (Phi) is 5.28. The number of phenolic OH excluding ortho intramolecular Hbond substituents is 1. The molecule has 0 amide bonds. The molecule has 3 nitrogen and oxygen atoms in total. The number of aromatic hydroxyl groups is 1. The average Bonchev–Trinajstić information content (AvgIpc) is 2.27. The van der Waals surface area contributed by atoms with Crippen molar-refractivity contribution >= 4 is 34.1 Å². The molecule has 1 N–H and O–H groups in total. The standard InChI is InChI=1S/C10H12N2OS2/c1-14-10(15-2)12-11-7-8-5-3-4-6-9(8)13/h3-7,13H,1-2H3/b11-7-. The van der Waals surface area contributed by atoms with Gasteiger partial charge in [-0.15, -0.1) is 28.6 Å². The van der Waals surface area contributed by atoms with E-state index in [1.54, 1.807) is 47.9 Å². The number of phenols is 1. The molecule has 80 valence electrons. The predicted molar refractivity (Wildman–Crippen MR) is 70.2 cm³/mol. The van der Waals surface area contributed by atoms with Gasteiger partial charge >= 0.3 is 0 Å². The van der Waals surface area contributed by atoms with E-state index in [9.17, 15) is 5.11 Å². The first-order chi connectivity index (χ1) is 7.27. The van der Waals surface area contributed by atoms with Crippen molar-refractivity contribution < 1.29 is 5.11 Å². The maximum absolute atomic E-state index is 9.44. The summed E-state index contributed by atoms with van der Waals surface area (Å²) in [5, 5.41) is 17.3. The number of thioether (sulfide) groups is 2. The highest BCUT2D eigenvalue weighted by molar-refractivity contribution is 8.38. The zero-order valence-corrected chi connectivity index (χ0v) is 10.2. The van der Waals surface area contributed by atoms with E-state index in [0.717, 1.165) is 4.38 Å². The SMILES string of the molecule is CSC(=N/N=C\c1ccccc1O)SC. The summed E-state index contributed by atoms with van der Waals surface area (Å²) in [6, 6.07) is 7.02. The van der Waals surface area contributed by atoms with Gasteiger partial charge in [-0.2, -0.15) is 5.10 Å². The van der Waals surface area contributed by atoms with Crippen LogP contribution in [0, 0.1) is 0 Å². The summed E-state index contributed by atoms with van der Waals surface area (Å²) in [4.78, 5) is 0. The van der Waals surface area contributed by atoms with Crippen molar-refractivity contribution in [2.45, 2.75) is 0 Å². The highest BCUT2D eigenvalue weighted by Crippen LogP contribution is 2.14. The Morgan fingerprint density at radius 1 is 1.27 bits per heavy atom. The zero-order chi connectivity index (χ0) is 11.1. The summed E-state index contributed by atoms with van der Waals surface area (Å²) >= 11 is 3.09. The Morgan fingerprint density at radius 3 is 2.53 bits per heavy atom. The van der Waals surface area contributed by atoms with Gasteiger partial charge < -0.3 is 5.11 Å². The van der Waals surface area contributed by atoms with Crippen molar-refractivity contribution in [1.29, 1.82) is 0 Å². The third kappa shape index (κ3) is 3.97. The monoisotopic (exact) mass is 240 g/mol. The predicted octanol–water partition coefficient (Wildman–Crippen LogP) is 2.81. The molecule has 1 aromatic carbocycles. The van der Waals surface area contributed by atoms with Crippen LogP contribution in [-0.4, -0.2) is 28.2 Å². The van der Waals surface area contributed by atoms with Gasteiger partial charge in [-0.05, 0) is 24.6 Å². The maximum atomic E-state index is 9.44. The fourth-order valence-electron chi connectivity index (χ4n) is 0.900. The Hall–Kier alpha value is -0.940. The van der Waals surface area contributed by atoms with Gasteiger partial charge in [-0.25, -0.2) is 0 Å². The molecule has 15 heavy (non-hydrogen) atoms. The molecule has 0 aliphatic rings. The number of rotatable bonds is 2. The van der Waals surface area contributed by atoms with Gasteiger partial charge in [0, 0.05) is 5.56 Å². The van der Waals surface area contributed by atoms with Crippen LogP contribution in [0.1, 0.15) is 5.56 Å². The minimum atomic E-state index is 0.214. The number of hydrogen-bond donors (Lipinski definition) is 1. The lowest BCUT2D eigenvalue weighted by atomic mass is 10.2. The Labute approximate surface area is 97.7 Å². The molecule has 0 aliphatic carbocycles. The van der Waals surface area contributed by atoms with E-state index < -0.39 is 0 Å². The molecular formula is C10H12N2OS2. The first-order valence-corrected chi connectivity index (χ1v) is 6.70. The summed E-state index contributed by atoms with van der Waals surface area (Å²) in [7, 11) is 0. The van der Waals surface area contributed by atoms with E-state index in [2.05, 4.69) is 10.2 Å². The van der Waals surface area contributed by atoms with Crippen molar-refractivity contribution in [2.75, 3.05) is 12.5 Å². The number of benzene rings is 1. The van der Waals surface area contributed by atoms with Gasteiger partial charge in [0.2, 0.25) is 0 Å². The topological polar surface area (TPSA) is 45.0 Å². The lowest BCUT2D eigenvalue weighted by Gasteiger charge is -1.95. The van der Waals surface area contributed by atoms with Crippen molar-refractivity contribution in [3.8, 4) is 5.75 Å². The molecule has 0 bridgehead atoms. The van der Waals surface area contributed by atoms with Crippen LogP contribution < -0.4 is 0 Å². The zero-order valence-electron chi connectivity index (χ0n) is 8.54. The molecule has 1 aromatic rings. The molecule has 0 atom stereocenters. The minimum Gasteiger partial charge on any atom is -0.507 e. The third-order valence-electron chi connectivity index (χ3n) is 1.62. The Balaban J connectivity index is 2.74. The smallest absolute Gasteiger partial charge is 0.152 e. The van der Waals surface area contributed by atoms with E-state index in [4.69, 9.17) is 0 Å². The van der Waals surface area contributed by atoms with Gasteiger partial charge in [0.1, 0.15) is 5.75 Å². The first kappa shape index (κ1) is 12.1. The van der Waals surface area contributed by atoms with Crippen molar-refractivity contribution in [3.05, 3.63) is 29.8 Å². The lowest BCUT2D eigenvalue weighted by molar-refractivity contribution is 0.474. The minimum absolute atomic E-state index is 0.214. The Morgan fingerprint density at radius 2 is 1.93 bits per heavy atom. The fraction of sp³-hybridized carbons (Fsp3) is 0.200. The second-order valence-electron chi connectivity index (χ2n) is 2.58. The maximum Gasteiger partial charge on any atom is 0.152 e. The van der Waals surface area contributed by atoms with Crippen LogP contribution in [0.2, 0.25) is 0 Å². The molecule has 0 aliphatic heterocycles. The van der Waals surface area contributed by atoms with E-state index in [1.165, 1.54) is 0 Å². The summed E-state index contributed by atoms with van der Waals surface area (Å²) in [6.45, 7) is 0. The normalized spacial score (nSPS) is 10.5. The quantitative estimate of drug-likeness (QED) is 0.491. The van der Waals surface area contributed by atoms with Gasteiger partial charge in [0.15, 0.2) is 4.38 Å². The summed E-state index contributed by atoms with van der Waals surface area (Å²) in [5.74, 6) is 0.214. The molecule has 0 fully saturated rings. The van der Waals surface area contributed by atoms with Crippen LogP contribution in [0.15, 0.2) is 34.5 Å². The number of hydrogen-bond acceptors (Lipinski definition) is 5. The van der Waals surface area contributed by atoms with Crippen LogP contribution in [0.4, 0.5) is 0 Å². The molecule has 0 saturated carbocycles. The number of nitrogens with zero attached hydrogens (tertiary/aromatic N) is 2. The lowest BCUT2D eigenvalue weighted by Crippen LogP contribution is -1.83. The second kappa shape index (κ2) is 6.53. The fourth-order valence-corrected chi connectivity index (χ4v) is 1.82. The summed E-state index contributed by atoms with van der Waals surface area (Å²) < 4.78 is 0.890. The largest absolute Gasteiger partial charge is 0.507 e. The average molecular weight is 240 g/mol. The highest BCUT2D eigenvalue weighted by atomic mass is 32.2. The summed E-state index contributed by atoms with van der Waals surface area (Å²) in [5.41, 5.74) is 0.669. The van der Waals surface area contributed by atoms with Crippen LogP contribution in [0.3, 0.4) is 0 Å². The van der Waals surface area contributed by atoms with Crippen LogP contribution in [-0.2, 0) is 0 Å². The Bertz CT molecular complexity index is 371. The molecular weight excluding hydrogens is 228 g/mol. The van der Waals surface area contributed by atoms with Gasteiger partial charge in [-0.1, -0.05) is 12.1 Å². The van der Waals surface area contributed by atoms with Gasteiger partial charge in [0.05, 0.1) is 6.21 Å². The van der Waals surface area contributed by atoms with Crippen molar-refractivity contribution in [1.82, 2.24) is 0 Å². The van der Waals surface area contributed by atoms with Crippen LogP contribution in [0.5, 0.6) is 5.75 Å². The van der Waals surface area contributed by atoms with E-state index in [1.807, 2.05) is 18.6 Å². The molecule has 0 saturated heterocycles. The van der Waals surface area contributed by atoms with E-state index >= 15 is 0 Å². The van der Waals surface area contributed by atoms with Crippen molar-refractivity contribution in [2.24, 2.45) is 10.2 Å². The number of para-hydroxylation sites is 1. The third-order valence-corrected chi connectivity index (χ3v) is 3.48.